The van der Waals surface area contributed by atoms with Crippen molar-refractivity contribution in [1.82, 2.24) is 14.8 Å². The van der Waals surface area contributed by atoms with E-state index in [1.807, 2.05) is 30.3 Å². The van der Waals surface area contributed by atoms with Gasteiger partial charge < -0.3 is 5.32 Å². The summed E-state index contributed by atoms with van der Waals surface area (Å²) in [5.74, 6) is -1.38. The van der Waals surface area contributed by atoms with Gasteiger partial charge in [-0.2, -0.15) is 4.39 Å². The van der Waals surface area contributed by atoms with Crippen molar-refractivity contribution in [3.8, 4) is 5.69 Å². The van der Waals surface area contributed by atoms with Gasteiger partial charge in [-0.3, -0.25) is 4.79 Å². The first-order valence-electron chi connectivity index (χ1n) is 7.83. The van der Waals surface area contributed by atoms with Crippen LogP contribution in [0.15, 0.2) is 54.9 Å². The largest absolute Gasteiger partial charge is 0.308 e. The maximum Gasteiger partial charge on any atom is 0.236 e. The molecule has 0 spiro atoms. The van der Waals surface area contributed by atoms with Gasteiger partial charge >= 0.3 is 0 Å². The van der Waals surface area contributed by atoms with Crippen molar-refractivity contribution in [2.75, 3.05) is 5.32 Å². The van der Waals surface area contributed by atoms with Crippen LogP contribution in [0.3, 0.4) is 0 Å². The van der Waals surface area contributed by atoms with Crippen LogP contribution in [0.25, 0.3) is 5.69 Å². The third-order valence-corrected chi connectivity index (χ3v) is 4.39. The number of nitrogens with one attached hydrogen (secondary N) is 1. The average molecular weight is 340 g/mol. The molecule has 1 fully saturated rings. The smallest absolute Gasteiger partial charge is 0.236 e. The van der Waals surface area contributed by atoms with Crippen molar-refractivity contribution >= 4 is 11.7 Å². The summed E-state index contributed by atoms with van der Waals surface area (Å²) in [6, 6.07) is 12.1. The lowest BCUT2D eigenvalue weighted by atomic mass is 9.95. The molecule has 0 bridgehead atoms. The number of aromatic nitrogens is 3. The molecule has 0 radical (unpaired) electrons. The van der Waals surface area contributed by atoms with Crippen LogP contribution < -0.4 is 5.32 Å². The van der Waals surface area contributed by atoms with Crippen molar-refractivity contribution in [2.24, 2.45) is 0 Å². The molecule has 0 saturated heterocycles. The molecule has 2 aromatic heterocycles. The first-order chi connectivity index (χ1) is 12.1. The molecule has 1 aliphatic rings. The SMILES string of the molecule is O=C(Nc1ccn(-c2cc(F)ncc2F)n1)C1(c2ccccc2)CC1. The van der Waals surface area contributed by atoms with E-state index in [9.17, 15) is 13.6 Å². The number of amides is 1. The summed E-state index contributed by atoms with van der Waals surface area (Å²) in [7, 11) is 0. The van der Waals surface area contributed by atoms with Crippen LogP contribution >= 0.6 is 0 Å². The molecule has 1 N–H and O–H groups in total. The van der Waals surface area contributed by atoms with E-state index < -0.39 is 17.2 Å². The van der Waals surface area contributed by atoms with E-state index >= 15 is 0 Å². The van der Waals surface area contributed by atoms with E-state index in [-0.39, 0.29) is 17.4 Å². The lowest BCUT2D eigenvalue weighted by Gasteiger charge is -2.14. The Morgan fingerprint density at radius 3 is 2.64 bits per heavy atom. The third kappa shape index (κ3) is 2.77. The molecule has 3 aromatic rings. The van der Waals surface area contributed by atoms with Gasteiger partial charge in [0.15, 0.2) is 11.6 Å². The maximum absolute atomic E-state index is 13.8. The quantitative estimate of drug-likeness (QED) is 0.742. The summed E-state index contributed by atoms with van der Waals surface area (Å²) in [5, 5.41) is 6.87. The number of anilines is 1. The minimum absolute atomic E-state index is 0.0720. The molecule has 1 aliphatic carbocycles. The Labute approximate surface area is 142 Å². The van der Waals surface area contributed by atoms with Crippen molar-refractivity contribution < 1.29 is 13.6 Å². The number of hydrogen-bond acceptors (Lipinski definition) is 3. The number of halogens is 2. The minimum Gasteiger partial charge on any atom is -0.308 e. The van der Waals surface area contributed by atoms with Crippen LogP contribution in [0.5, 0.6) is 0 Å². The van der Waals surface area contributed by atoms with Gasteiger partial charge in [-0.25, -0.2) is 14.1 Å². The molecule has 1 saturated carbocycles. The molecule has 126 valence electrons. The Morgan fingerprint density at radius 1 is 1.16 bits per heavy atom. The van der Waals surface area contributed by atoms with Gasteiger partial charge in [0.25, 0.3) is 0 Å². The Kier molecular flexibility index (Phi) is 3.56. The molecule has 0 aliphatic heterocycles. The first kappa shape index (κ1) is 15.4. The highest BCUT2D eigenvalue weighted by Crippen LogP contribution is 2.48. The Morgan fingerprint density at radius 2 is 1.92 bits per heavy atom. The molecular weight excluding hydrogens is 326 g/mol. The van der Waals surface area contributed by atoms with Crippen LogP contribution in [-0.2, 0) is 10.2 Å². The fourth-order valence-electron chi connectivity index (χ4n) is 2.87. The number of hydrogen-bond donors (Lipinski definition) is 1. The molecule has 2 heterocycles. The van der Waals surface area contributed by atoms with Gasteiger partial charge in [-0.1, -0.05) is 30.3 Å². The fourth-order valence-corrected chi connectivity index (χ4v) is 2.87. The lowest BCUT2D eigenvalue weighted by Crippen LogP contribution is -2.28. The molecule has 0 unspecified atom stereocenters. The van der Waals surface area contributed by atoms with E-state index in [2.05, 4.69) is 15.4 Å². The predicted octanol–water partition coefficient (Wildman–Crippen LogP) is 3.22. The zero-order chi connectivity index (χ0) is 17.4. The highest BCUT2D eigenvalue weighted by atomic mass is 19.1. The van der Waals surface area contributed by atoms with Crippen molar-refractivity contribution in [3.05, 3.63) is 72.2 Å². The standard InChI is InChI=1S/C18H14F2N4O/c19-13-11-21-15(20)10-14(13)24-9-6-16(23-24)22-17(25)18(7-8-18)12-4-2-1-3-5-12/h1-6,9-11H,7-8H2,(H,22,23,25). The van der Waals surface area contributed by atoms with Crippen LogP contribution in [0.2, 0.25) is 0 Å². The van der Waals surface area contributed by atoms with E-state index in [0.29, 0.717) is 0 Å². The second-order valence-corrected chi connectivity index (χ2v) is 6.01. The number of carbonyl (C=O) groups excluding carboxylic acids is 1. The van der Waals surface area contributed by atoms with Gasteiger partial charge in [-0.05, 0) is 18.4 Å². The number of benzene rings is 1. The Bertz CT molecular complexity index is 935. The van der Waals surface area contributed by atoms with Crippen molar-refractivity contribution in [3.63, 3.8) is 0 Å². The second-order valence-electron chi connectivity index (χ2n) is 6.01. The zero-order valence-corrected chi connectivity index (χ0v) is 13.1. The highest BCUT2D eigenvalue weighted by molar-refractivity contribution is 6.00. The molecule has 25 heavy (non-hydrogen) atoms. The van der Waals surface area contributed by atoms with E-state index in [1.54, 1.807) is 0 Å². The first-order valence-corrected chi connectivity index (χ1v) is 7.83. The monoisotopic (exact) mass is 340 g/mol. The summed E-state index contributed by atoms with van der Waals surface area (Å²) >= 11 is 0. The second kappa shape index (κ2) is 5.77. The summed E-state index contributed by atoms with van der Waals surface area (Å²) < 4.78 is 28.1. The van der Waals surface area contributed by atoms with Crippen molar-refractivity contribution in [1.29, 1.82) is 0 Å². The molecule has 7 heteroatoms. The predicted molar refractivity (Wildman–Crippen MR) is 87.3 cm³/mol. The van der Waals surface area contributed by atoms with E-state index in [1.165, 1.54) is 12.3 Å². The van der Waals surface area contributed by atoms with Crippen LogP contribution in [-0.4, -0.2) is 20.7 Å². The molecule has 5 nitrogen and oxygen atoms in total. The number of nitrogens with zero attached hydrogens (tertiary/aromatic N) is 3. The topological polar surface area (TPSA) is 59.8 Å². The molecule has 0 atom stereocenters. The van der Waals surface area contributed by atoms with Crippen LogP contribution in [0.1, 0.15) is 18.4 Å². The summed E-state index contributed by atoms with van der Waals surface area (Å²) in [6.07, 6.45) is 3.79. The molecule has 1 amide bonds. The van der Waals surface area contributed by atoms with Gasteiger partial charge in [0.1, 0.15) is 5.69 Å². The zero-order valence-electron chi connectivity index (χ0n) is 13.1. The lowest BCUT2D eigenvalue weighted by molar-refractivity contribution is -0.118. The highest BCUT2D eigenvalue weighted by Gasteiger charge is 2.51. The Hall–Kier alpha value is -3.09. The van der Waals surface area contributed by atoms with Gasteiger partial charge in [0.2, 0.25) is 11.9 Å². The van der Waals surface area contributed by atoms with Gasteiger partial charge in [0.05, 0.1) is 11.6 Å². The van der Waals surface area contributed by atoms with Gasteiger partial charge in [-0.15, -0.1) is 5.10 Å². The maximum atomic E-state index is 13.8. The van der Waals surface area contributed by atoms with Gasteiger partial charge in [0, 0.05) is 18.3 Å². The average Bonchev–Trinajstić information content (AvgIpc) is 3.32. The molecule has 4 rings (SSSR count). The third-order valence-electron chi connectivity index (χ3n) is 4.39. The van der Waals surface area contributed by atoms with E-state index in [4.69, 9.17) is 0 Å². The summed E-state index contributed by atoms with van der Waals surface area (Å²) in [4.78, 5) is 15.9. The number of carbonyl (C=O) groups is 1. The van der Waals surface area contributed by atoms with Crippen molar-refractivity contribution in [2.45, 2.75) is 18.3 Å². The minimum atomic E-state index is -0.807. The van der Waals surface area contributed by atoms with E-state index in [0.717, 1.165) is 35.4 Å². The van der Waals surface area contributed by atoms with Crippen LogP contribution in [0, 0.1) is 11.8 Å². The normalized spacial score (nSPS) is 15.0. The van der Waals surface area contributed by atoms with Crippen LogP contribution in [0.4, 0.5) is 14.6 Å². The molecular formula is C18H14F2N4O. The molecule has 1 aromatic carbocycles. The fraction of sp³-hybridized carbons (Fsp3) is 0.167. The number of rotatable bonds is 4. The Balaban J connectivity index is 1.56. The summed E-state index contributed by atoms with van der Waals surface area (Å²) in [6.45, 7) is 0. The summed E-state index contributed by atoms with van der Waals surface area (Å²) in [5.41, 5.74) is 0.366. The number of pyridine rings is 1.